The number of hydrogen-bond acceptors (Lipinski definition) is 9. The van der Waals surface area contributed by atoms with Crippen LogP contribution in [0.2, 0.25) is 0 Å². The van der Waals surface area contributed by atoms with Crippen LogP contribution in [-0.2, 0) is 14.8 Å². The number of nitrogens with one attached hydrogen (secondary N) is 1. The largest absolute Gasteiger partial charge is 0.497 e. The fraction of sp³-hybridized carbons (Fsp3) is 0.333. The number of nitrogens with zero attached hydrogens (tertiary/aromatic N) is 2. The first-order chi connectivity index (χ1) is 15.9. The predicted octanol–water partition coefficient (Wildman–Crippen LogP) is 2.60. The summed E-state index contributed by atoms with van der Waals surface area (Å²) in [6, 6.07) is 8.03. The van der Waals surface area contributed by atoms with Gasteiger partial charge in [0.1, 0.15) is 5.75 Å². The van der Waals surface area contributed by atoms with Crippen LogP contribution < -0.4 is 19.5 Å². The van der Waals surface area contributed by atoms with Crippen LogP contribution in [0.5, 0.6) is 17.2 Å². The molecule has 0 spiro atoms. The van der Waals surface area contributed by atoms with E-state index in [1.807, 2.05) is 6.07 Å². The molecule has 33 heavy (non-hydrogen) atoms. The Labute approximate surface area is 195 Å². The summed E-state index contributed by atoms with van der Waals surface area (Å²) in [6.07, 6.45) is 0. The smallest absolute Gasteiger partial charge is 0.261 e. The molecule has 1 N–H and O–H groups in total. The Bertz CT molecular complexity index is 1280. The van der Waals surface area contributed by atoms with Crippen molar-refractivity contribution >= 4 is 42.6 Å². The molecular weight excluding hydrogens is 470 g/mol. The highest BCUT2D eigenvalue weighted by Crippen LogP contribution is 2.36. The zero-order valence-electron chi connectivity index (χ0n) is 18.3. The van der Waals surface area contributed by atoms with Gasteiger partial charge in [-0.05, 0) is 24.3 Å². The highest BCUT2D eigenvalue weighted by molar-refractivity contribution is 7.89. The van der Waals surface area contributed by atoms with Crippen LogP contribution in [0.4, 0.5) is 5.13 Å². The molecule has 2 aromatic carbocycles. The Morgan fingerprint density at radius 1 is 1.09 bits per heavy atom. The molecular formula is C21H23N3O7S2. The lowest BCUT2D eigenvalue weighted by molar-refractivity contribution is 0.0730. The van der Waals surface area contributed by atoms with Gasteiger partial charge in [0.05, 0.1) is 55.2 Å². The number of ether oxygens (including phenoxy) is 4. The van der Waals surface area contributed by atoms with Gasteiger partial charge >= 0.3 is 0 Å². The van der Waals surface area contributed by atoms with Gasteiger partial charge in [0.2, 0.25) is 10.0 Å². The van der Waals surface area contributed by atoms with Crippen molar-refractivity contribution in [2.45, 2.75) is 4.90 Å². The fourth-order valence-corrected chi connectivity index (χ4v) is 5.78. The molecule has 12 heteroatoms. The van der Waals surface area contributed by atoms with E-state index in [1.165, 1.54) is 42.0 Å². The summed E-state index contributed by atoms with van der Waals surface area (Å²) >= 11 is 1.27. The van der Waals surface area contributed by atoms with E-state index in [9.17, 15) is 13.2 Å². The van der Waals surface area contributed by atoms with Gasteiger partial charge in [-0.2, -0.15) is 4.31 Å². The van der Waals surface area contributed by atoms with Crippen molar-refractivity contribution in [1.82, 2.24) is 9.29 Å². The van der Waals surface area contributed by atoms with Gasteiger partial charge in [-0.1, -0.05) is 11.3 Å². The lowest BCUT2D eigenvalue weighted by Gasteiger charge is -2.26. The lowest BCUT2D eigenvalue weighted by Crippen LogP contribution is -2.40. The second-order valence-corrected chi connectivity index (χ2v) is 10.00. The Morgan fingerprint density at radius 2 is 1.85 bits per heavy atom. The third-order valence-corrected chi connectivity index (χ3v) is 7.93. The molecule has 1 amide bonds. The first-order valence-corrected chi connectivity index (χ1v) is 12.2. The summed E-state index contributed by atoms with van der Waals surface area (Å²) in [6.45, 7) is 1.07. The highest BCUT2D eigenvalue weighted by Gasteiger charge is 2.30. The Balaban J connectivity index is 1.71. The molecule has 0 atom stereocenters. The quantitative estimate of drug-likeness (QED) is 0.534. The fourth-order valence-electron chi connectivity index (χ4n) is 3.44. The number of benzene rings is 2. The monoisotopic (exact) mass is 493 g/mol. The summed E-state index contributed by atoms with van der Waals surface area (Å²) < 4.78 is 49.7. The van der Waals surface area contributed by atoms with Crippen molar-refractivity contribution < 1.29 is 32.2 Å². The van der Waals surface area contributed by atoms with Gasteiger partial charge in [-0.25, -0.2) is 13.4 Å². The van der Waals surface area contributed by atoms with Gasteiger partial charge in [0.15, 0.2) is 16.6 Å². The van der Waals surface area contributed by atoms with Crippen molar-refractivity contribution in [3.05, 3.63) is 35.9 Å². The number of anilines is 1. The number of rotatable bonds is 7. The van der Waals surface area contributed by atoms with Crippen LogP contribution >= 0.6 is 11.3 Å². The average Bonchev–Trinajstić information content (AvgIpc) is 3.24. The Kier molecular flexibility index (Phi) is 6.70. The lowest BCUT2D eigenvalue weighted by atomic mass is 10.1. The first kappa shape index (κ1) is 23.2. The van der Waals surface area contributed by atoms with E-state index in [2.05, 4.69) is 10.3 Å². The minimum absolute atomic E-state index is 0.0144. The number of methoxy groups -OCH3 is 3. The second kappa shape index (κ2) is 9.51. The average molecular weight is 494 g/mol. The number of amides is 1. The van der Waals surface area contributed by atoms with Crippen LogP contribution in [0.3, 0.4) is 0 Å². The molecule has 4 rings (SSSR count). The molecule has 1 fully saturated rings. The number of carbonyl (C=O) groups excluding carboxylic acids is 1. The van der Waals surface area contributed by atoms with E-state index < -0.39 is 15.9 Å². The van der Waals surface area contributed by atoms with Crippen LogP contribution in [0.15, 0.2) is 35.2 Å². The molecule has 0 saturated carbocycles. The van der Waals surface area contributed by atoms with E-state index in [1.54, 1.807) is 19.2 Å². The number of morpholine rings is 1. The maximum absolute atomic E-state index is 13.2. The van der Waals surface area contributed by atoms with E-state index in [0.29, 0.717) is 29.6 Å². The van der Waals surface area contributed by atoms with Crippen molar-refractivity contribution in [2.24, 2.45) is 0 Å². The molecule has 3 aromatic rings. The molecule has 176 valence electrons. The van der Waals surface area contributed by atoms with Gasteiger partial charge in [-0.3, -0.25) is 10.1 Å². The Morgan fingerprint density at radius 3 is 2.52 bits per heavy atom. The highest BCUT2D eigenvalue weighted by atomic mass is 32.2. The molecule has 0 bridgehead atoms. The van der Waals surface area contributed by atoms with Crippen LogP contribution in [0.1, 0.15) is 10.4 Å². The Hall–Kier alpha value is -2.93. The maximum Gasteiger partial charge on any atom is 0.261 e. The van der Waals surface area contributed by atoms with E-state index >= 15 is 0 Å². The van der Waals surface area contributed by atoms with Crippen LogP contribution in [0, 0.1) is 0 Å². The molecule has 1 saturated heterocycles. The number of thiazole rings is 1. The van der Waals surface area contributed by atoms with Crippen molar-refractivity contribution in [1.29, 1.82) is 0 Å². The van der Waals surface area contributed by atoms with Crippen molar-refractivity contribution in [2.75, 3.05) is 52.9 Å². The van der Waals surface area contributed by atoms with Gasteiger partial charge in [-0.15, -0.1) is 0 Å². The number of carbonyl (C=O) groups is 1. The van der Waals surface area contributed by atoms with Gasteiger partial charge in [0, 0.05) is 19.2 Å². The predicted molar refractivity (Wildman–Crippen MR) is 123 cm³/mol. The van der Waals surface area contributed by atoms with E-state index in [0.717, 1.165) is 4.70 Å². The summed E-state index contributed by atoms with van der Waals surface area (Å²) in [5, 5.41) is 3.09. The zero-order chi connectivity index (χ0) is 23.6. The van der Waals surface area contributed by atoms with E-state index in [4.69, 9.17) is 18.9 Å². The molecule has 0 radical (unpaired) electrons. The topological polar surface area (TPSA) is 116 Å². The molecule has 0 unspecified atom stereocenters. The zero-order valence-corrected chi connectivity index (χ0v) is 19.9. The number of aromatic nitrogens is 1. The summed E-state index contributed by atoms with van der Waals surface area (Å²) in [5.41, 5.74) is 0.713. The summed E-state index contributed by atoms with van der Waals surface area (Å²) in [7, 11) is 0.470. The molecule has 10 nitrogen and oxygen atoms in total. The minimum atomic E-state index is -3.87. The summed E-state index contributed by atoms with van der Waals surface area (Å²) in [5.74, 6) is 0.358. The molecule has 1 aliphatic rings. The van der Waals surface area contributed by atoms with E-state index in [-0.39, 0.29) is 35.0 Å². The minimum Gasteiger partial charge on any atom is -0.497 e. The number of sulfonamides is 1. The van der Waals surface area contributed by atoms with Crippen molar-refractivity contribution in [3.8, 4) is 17.2 Å². The maximum atomic E-state index is 13.2. The third kappa shape index (κ3) is 4.60. The normalized spacial score (nSPS) is 14.8. The van der Waals surface area contributed by atoms with Crippen LogP contribution in [-0.4, -0.2) is 71.2 Å². The molecule has 2 heterocycles. The third-order valence-electron chi connectivity index (χ3n) is 5.12. The molecule has 1 aromatic heterocycles. The number of fused-ring (bicyclic) bond motifs is 1. The second-order valence-electron chi connectivity index (χ2n) is 7.03. The molecule has 0 aliphatic carbocycles. The standard InChI is InChI=1S/C21H23N3O7S2/c1-28-13-4-5-16-18(10-13)32-21(22-16)23-20(25)15-11-14(12-17(29-2)19(15)30-3)33(26,27)24-6-8-31-9-7-24/h4-5,10-12H,6-9H2,1-3H3,(H,22,23,25). The SMILES string of the molecule is COc1ccc2nc(NC(=O)c3cc(S(=O)(=O)N4CCOCC4)cc(OC)c3OC)sc2c1. The van der Waals surface area contributed by atoms with Crippen LogP contribution in [0.25, 0.3) is 10.2 Å². The molecule has 1 aliphatic heterocycles. The summed E-state index contributed by atoms with van der Waals surface area (Å²) in [4.78, 5) is 17.5. The first-order valence-electron chi connectivity index (χ1n) is 9.97. The van der Waals surface area contributed by atoms with Crippen molar-refractivity contribution in [3.63, 3.8) is 0 Å². The van der Waals surface area contributed by atoms with Gasteiger partial charge in [0.25, 0.3) is 5.91 Å². The number of hydrogen-bond donors (Lipinski definition) is 1. The van der Waals surface area contributed by atoms with Gasteiger partial charge < -0.3 is 18.9 Å².